The second-order valence-corrected chi connectivity index (χ2v) is 2.81. The van der Waals surface area contributed by atoms with Crippen LogP contribution in [0.2, 0.25) is 0 Å². The monoisotopic (exact) mass is 227 g/mol. The molecule has 0 aliphatic carbocycles. The topological polar surface area (TPSA) is 23.8 Å². The lowest BCUT2D eigenvalue weighted by molar-refractivity contribution is -0.184. The lowest BCUT2D eigenvalue weighted by Gasteiger charge is -2.25. The summed E-state index contributed by atoms with van der Waals surface area (Å²) in [4.78, 5) is -4.37. The van der Waals surface area contributed by atoms with Crippen molar-refractivity contribution in [3.63, 3.8) is 0 Å². The molecule has 0 N–H and O–H groups in total. The fraction of sp³-hybridized carbons (Fsp3) is 0.750. The Labute approximate surface area is 73.7 Å². The maximum Gasteiger partial charge on any atom is 0.428 e. The van der Waals surface area contributed by atoms with Crippen LogP contribution in [-0.4, -0.2) is 16.4 Å². The van der Waals surface area contributed by atoms with Gasteiger partial charge in [-0.1, -0.05) is 11.6 Å². The molecule has 8 heteroatoms. The number of halogens is 7. The summed E-state index contributed by atoms with van der Waals surface area (Å²) in [5, 5.41) is 2.93. The van der Waals surface area contributed by atoms with Crippen molar-refractivity contribution >= 4 is 23.2 Å². The van der Waals surface area contributed by atoms with Gasteiger partial charge in [0.15, 0.2) is 0 Å². The molecule has 0 spiro atoms. The maximum absolute atomic E-state index is 12.0. The molecule has 12 heavy (non-hydrogen) atoms. The average Bonchev–Trinajstić information content (AvgIpc) is 1.81. The fourth-order valence-corrected chi connectivity index (χ4v) is 0.437. The van der Waals surface area contributed by atoms with Crippen molar-refractivity contribution in [2.24, 2.45) is 0 Å². The van der Waals surface area contributed by atoms with Crippen LogP contribution < -0.4 is 0 Å². The largest absolute Gasteiger partial charge is 0.428 e. The first kappa shape index (κ1) is 11.7. The molecule has 0 fully saturated rings. The lowest BCUT2D eigenvalue weighted by Crippen LogP contribution is -2.50. The molecule has 0 aromatic carbocycles. The third-order valence-corrected chi connectivity index (χ3v) is 1.85. The van der Waals surface area contributed by atoms with E-state index in [0.29, 0.717) is 0 Å². The van der Waals surface area contributed by atoms with Gasteiger partial charge in [-0.25, -0.2) is 0 Å². The number of alkyl halides is 7. The van der Waals surface area contributed by atoms with Crippen LogP contribution in [0.5, 0.6) is 0 Å². The molecule has 0 saturated heterocycles. The van der Waals surface area contributed by atoms with Gasteiger partial charge in [0.1, 0.15) is 6.07 Å². The van der Waals surface area contributed by atoms with Crippen molar-refractivity contribution in [1.29, 1.82) is 5.26 Å². The molecular formula is C4Cl2F5N. The smallest absolute Gasteiger partial charge is 0.196 e. The minimum absolute atomic E-state index is 0.217. The predicted molar refractivity (Wildman–Crippen MR) is 31.1 cm³/mol. The highest BCUT2D eigenvalue weighted by atomic mass is 35.5. The highest BCUT2D eigenvalue weighted by Crippen LogP contribution is 2.48. The van der Waals surface area contributed by atoms with Gasteiger partial charge in [-0.3, -0.25) is 0 Å². The molecule has 1 unspecified atom stereocenters. The molecule has 0 aromatic heterocycles. The van der Waals surface area contributed by atoms with Gasteiger partial charge < -0.3 is 0 Å². The molecular weight excluding hydrogens is 228 g/mol. The Morgan fingerprint density at radius 2 is 1.33 bits per heavy atom. The van der Waals surface area contributed by atoms with Crippen LogP contribution in [0.4, 0.5) is 22.0 Å². The first-order valence-corrected chi connectivity index (χ1v) is 3.05. The van der Waals surface area contributed by atoms with Crippen molar-refractivity contribution in [3.05, 3.63) is 0 Å². The minimum Gasteiger partial charge on any atom is -0.196 e. The van der Waals surface area contributed by atoms with E-state index in [0.717, 1.165) is 0 Å². The zero-order chi connectivity index (χ0) is 10.2. The second kappa shape index (κ2) is 2.89. The highest BCUT2D eigenvalue weighted by molar-refractivity contribution is 6.35. The molecule has 0 amide bonds. The summed E-state index contributed by atoms with van der Waals surface area (Å²) in [7, 11) is 0. The van der Waals surface area contributed by atoms with Gasteiger partial charge in [0.25, 0.3) is 0 Å². The summed E-state index contributed by atoms with van der Waals surface area (Å²) in [6, 6.07) is 0.217. The van der Waals surface area contributed by atoms with E-state index in [2.05, 4.69) is 23.2 Å². The molecule has 1 atom stereocenters. The van der Waals surface area contributed by atoms with E-state index in [1.165, 1.54) is 0 Å². The highest BCUT2D eigenvalue weighted by Gasteiger charge is 2.69. The molecule has 70 valence electrons. The Balaban J connectivity index is 5.14. The van der Waals surface area contributed by atoms with Crippen molar-refractivity contribution in [2.75, 3.05) is 0 Å². The number of nitriles is 1. The van der Waals surface area contributed by atoms with Crippen LogP contribution in [-0.2, 0) is 0 Å². The van der Waals surface area contributed by atoms with Crippen molar-refractivity contribution in [3.8, 4) is 6.07 Å². The SMILES string of the molecule is N#CC(Cl)(C(F)(F)F)C(F)(F)Cl. The summed E-state index contributed by atoms with van der Waals surface area (Å²) >= 11 is 8.33. The quantitative estimate of drug-likeness (QED) is 0.500. The van der Waals surface area contributed by atoms with Crippen molar-refractivity contribution in [1.82, 2.24) is 0 Å². The van der Waals surface area contributed by atoms with E-state index in [-0.39, 0.29) is 6.07 Å². The van der Waals surface area contributed by atoms with E-state index >= 15 is 0 Å². The molecule has 0 aliphatic heterocycles. The number of hydrogen-bond acceptors (Lipinski definition) is 1. The standard InChI is InChI=1S/C4Cl2F5N/c5-2(1-12,3(6,7)8)4(9,10)11. The van der Waals surface area contributed by atoms with Crippen LogP contribution in [0.1, 0.15) is 0 Å². The Hall–Kier alpha value is -0.280. The van der Waals surface area contributed by atoms with Gasteiger partial charge in [-0.05, 0) is 11.6 Å². The van der Waals surface area contributed by atoms with Gasteiger partial charge in [-0.15, -0.1) is 0 Å². The fourth-order valence-electron chi connectivity index (χ4n) is 0.287. The number of rotatable bonds is 1. The van der Waals surface area contributed by atoms with Crippen LogP contribution in [0.15, 0.2) is 0 Å². The van der Waals surface area contributed by atoms with Crippen LogP contribution in [0.3, 0.4) is 0 Å². The second-order valence-electron chi connectivity index (χ2n) is 1.77. The Bertz CT molecular complexity index is 197. The molecule has 0 aliphatic rings. The molecule has 0 bridgehead atoms. The van der Waals surface area contributed by atoms with E-state index in [4.69, 9.17) is 5.26 Å². The Kier molecular flexibility index (Phi) is 2.82. The first-order valence-electron chi connectivity index (χ1n) is 2.30. The average molecular weight is 228 g/mol. The molecule has 0 aromatic rings. The third kappa shape index (κ3) is 1.72. The molecule has 0 saturated carbocycles. The van der Waals surface area contributed by atoms with Crippen molar-refractivity contribution in [2.45, 2.75) is 16.4 Å². The molecule has 0 rings (SSSR count). The molecule has 0 heterocycles. The van der Waals surface area contributed by atoms with Gasteiger partial charge in [0.05, 0.1) is 0 Å². The van der Waals surface area contributed by atoms with E-state index in [9.17, 15) is 22.0 Å². The van der Waals surface area contributed by atoms with Gasteiger partial charge in [-0.2, -0.15) is 27.2 Å². The summed E-state index contributed by atoms with van der Waals surface area (Å²) in [6.45, 7) is 0. The van der Waals surface area contributed by atoms with Crippen LogP contribution in [0.25, 0.3) is 0 Å². The molecule has 0 radical (unpaired) electrons. The summed E-state index contributed by atoms with van der Waals surface area (Å²) < 4.78 is 59.0. The maximum atomic E-state index is 12.0. The zero-order valence-corrected chi connectivity index (χ0v) is 6.60. The van der Waals surface area contributed by atoms with Crippen LogP contribution in [0, 0.1) is 11.3 Å². The summed E-state index contributed by atoms with van der Waals surface area (Å²) in [6.07, 6.45) is -5.59. The van der Waals surface area contributed by atoms with Gasteiger partial charge in [0, 0.05) is 0 Å². The third-order valence-electron chi connectivity index (χ3n) is 0.935. The normalized spacial score (nSPS) is 18.2. The zero-order valence-electron chi connectivity index (χ0n) is 5.09. The lowest BCUT2D eigenvalue weighted by atomic mass is 10.1. The Morgan fingerprint density at radius 3 is 1.33 bits per heavy atom. The summed E-state index contributed by atoms with van der Waals surface area (Å²) in [5.41, 5.74) is 0. The van der Waals surface area contributed by atoms with E-state index < -0.39 is 16.4 Å². The first-order chi connectivity index (χ1) is 5.06. The minimum atomic E-state index is -5.59. The van der Waals surface area contributed by atoms with E-state index in [1.54, 1.807) is 0 Å². The van der Waals surface area contributed by atoms with Crippen molar-refractivity contribution < 1.29 is 22.0 Å². The summed E-state index contributed by atoms with van der Waals surface area (Å²) in [5.74, 6) is 0. The van der Waals surface area contributed by atoms with E-state index in [1.807, 2.05) is 0 Å². The van der Waals surface area contributed by atoms with Gasteiger partial charge in [0.2, 0.25) is 0 Å². The van der Waals surface area contributed by atoms with Gasteiger partial charge >= 0.3 is 16.4 Å². The molecule has 1 nitrogen and oxygen atoms in total. The van der Waals surface area contributed by atoms with Crippen LogP contribution >= 0.6 is 23.2 Å². The number of hydrogen-bond donors (Lipinski definition) is 0. The predicted octanol–water partition coefficient (Wildman–Crippen LogP) is 2.88. The number of nitrogens with zero attached hydrogens (tertiary/aromatic N) is 1. The Morgan fingerprint density at radius 1 is 1.00 bits per heavy atom.